The zero-order valence-electron chi connectivity index (χ0n) is 12.8. The average Bonchev–Trinajstić information content (AvgIpc) is 2.43. The molecule has 0 bridgehead atoms. The number of carbonyl (C=O) groups excluding carboxylic acids is 1. The van der Waals surface area contributed by atoms with Gasteiger partial charge in [-0.15, -0.1) is 0 Å². The third-order valence-corrected chi connectivity index (χ3v) is 3.06. The molecule has 112 valence electrons. The van der Waals surface area contributed by atoms with Gasteiger partial charge in [-0.2, -0.15) is 0 Å². The van der Waals surface area contributed by atoms with Crippen LogP contribution in [-0.4, -0.2) is 19.4 Å². The molecule has 1 N–H and O–H groups in total. The first-order valence-corrected chi connectivity index (χ1v) is 7.21. The number of carbonyl (C=O) groups is 1. The Morgan fingerprint density at radius 3 is 2.40 bits per heavy atom. The summed E-state index contributed by atoms with van der Waals surface area (Å²) in [7, 11) is 1.75. The predicted molar refractivity (Wildman–Crippen MR) is 79.8 cm³/mol. The van der Waals surface area contributed by atoms with E-state index in [0.29, 0.717) is 5.75 Å². The highest BCUT2D eigenvalue weighted by Crippen LogP contribution is 2.15. The molecule has 1 aromatic carbocycles. The van der Waals surface area contributed by atoms with Crippen molar-refractivity contribution in [3.05, 3.63) is 29.8 Å². The molecule has 0 fully saturated rings. The van der Waals surface area contributed by atoms with Gasteiger partial charge in [-0.1, -0.05) is 39.3 Å². The minimum absolute atomic E-state index is 0.184. The van der Waals surface area contributed by atoms with E-state index in [-0.39, 0.29) is 12.1 Å². The summed E-state index contributed by atoms with van der Waals surface area (Å²) < 4.78 is 10.3. The van der Waals surface area contributed by atoms with Crippen LogP contribution in [0.5, 0.6) is 5.75 Å². The molecule has 4 heteroatoms. The molecular weight excluding hydrogens is 254 g/mol. The summed E-state index contributed by atoms with van der Waals surface area (Å²) in [5.41, 5.74) is 1.25. The number of ether oxygens (including phenoxy) is 2. The van der Waals surface area contributed by atoms with Crippen molar-refractivity contribution in [3.8, 4) is 5.75 Å². The Kier molecular flexibility index (Phi) is 7.09. The summed E-state index contributed by atoms with van der Waals surface area (Å²) in [4.78, 5) is 11.7. The van der Waals surface area contributed by atoms with E-state index in [9.17, 15) is 4.79 Å². The second-order valence-corrected chi connectivity index (χ2v) is 5.17. The molecule has 0 spiro atoms. The molecule has 1 unspecified atom stereocenters. The Hall–Kier alpha value is -1.55. The van der Waals surface area contributed by atoms with Gasteiger partial charge >= 0.3 is 6.16 Å². The van der Waals surface area contributed by atoms with E-state index in [1.807, 2.05) is 26.0 Å². The van der Waals surface area contributed by atoms with Crippen molar-refractivity contribution in [2.45, 2.75) is 46.3 Å². The van der Waals surface area contributed by atoms with E-state index < -0.39 is 6.16 Å². The minimum atomic E-state index is -0.681. The summed E-state index contributed by atoms with van der Waals surface area (Å²) in [6.07, 6.45) is 2.37. The molecular formula is C16H25NO3. The maximum absolute atomic E-state index is 11.7. The lowest BCUT2D eigenvalue weighted by atomic mass is 10.1. The van der Waals surface area contributed by atoms with Crippen molar-refractivity contribution in [1.82, 2.24) is 5.32 Å². The molecule has 0 saturated carbocycles. The molecule has 0 saturated heterocycles. The Balaban J connectivity index is 2.49. The Morgan fingerprint density at radius 2 is 1.90 bits per heavy atom. The van der Waals surface area contributed by atoms with Gasteiger partial charge < -0.3 is 9.47 Å². The fraction of sp³-hybridized carbons (Fsp3) is 0.562. The van der Waals surface area contributed by atoms with Crippen molar-refractivity contribution in [2.75, 3.05) is 7.05 Å². The molecule has 0 aliphatic heterocycles. The SMILES string of the molecule is CCCCc1ccc(OC(=O)OC(NC)C(C)C)cc1. The molecule has 1 aromatic rings. The van der Waals surface area contributed by atoms with Crippen molar-refractivity contribution in [2.24, 2.45) is 5.92 Å². The zero-order valence-corrected chi connectivity index (χ0v) is 12.8. The van der Waals surface area contributed by atoms with Crippen LogP contribution >= 0.6 is 0 Å². The molecule has 4 nitrogen and oxygen atoms in total. The van der Waals surface area contributed by atoms with Crippen LogP contribution < -0.4 is 10.1 Å². The topological polar surface area (TPSA) is 47.6 Å². The van der Waals surface area contributed by atoms with Crippen LogP contribution in [0.3, 0.4) is 0 Å². The summed E-state index contributed by atoms with van der Waals surface area (Å²) in [5.74, 6) is 0.692. The number of aryl methyl sites for hydroxylation is 1. The summed E-state index contributed by atoms with van der Waals surface area (Å²) in [5, 5.41) is 2.93. The van der Waals surface area contributed by atoms with Crippen LogP contribution in [-0.2, 0) is 11.2 Å². The molecule has 0 radical (unpaired) electrons. The van der Waals surface area contributed by atoms with E-state index in [4.69, 9.17) is 9.47 Å². The highest BCUT2D eigenvalue weighted by atomic mass is 16.7. The van der Waals surface area contributed by atoms with Crippen LogP contribution in [0.15, 0.2) is 24.3 Å². The van der Waals surface area contributed by atoms with Crippen molar-refractivity contribution < 1.29 is 14.3 Å². The normalized spacial score (nSPS) is 12.2. The maximum Gasteiger partial charge on any atom is 0.515 e. The lowest BCUT2D eigenvalue weighted by Gasteiger charge is -2.19. The van der Waals surface area contributed by atoms with Gasteiger partial charge in [0, 0.05) is 5.92 Å². The van der Waals surface area contributed by atoms with Gasteiger partial charge in [0.25, 0.3) is 0 Å². The molecule has 0 aliphatic carbocycles. The number of rotatable bonds is 7. The number of nitrogens with one attached hydrogen (secondary N) is 1. The van der Waals surface area contributed by atoms with Gasteiger partial charge in [0.2, 0.25) is 0 Å². The minimum Gasteiger partial charge on any atom is -0.415 e. The fourth-order valence-corrected chi connectivity index (χ4v) is 1.86. The first kappa shape index (κ1) is 16.5. The monoisotopic (exact) mass is 279 g/mol. The zero-order chi connectivity index (χ0) is 15.0. The number of hydrogen-bond acceptors (Lipinski definition) is 4. The molecule has 0 amide bonds. The average molecular weight is 279 g/mol. The van der Waals surface area contributed by atoms with Crippen molar-refractivity contribution >= 4 is 6.16 Å². The van der Waals surface area contributed by atoms with Gasteiger partial charge in [-0.05, 0) is 37.6 Å². The number of unbranched alkanes of at least 4 members (excludes halogenated alkanes) is 1. The molecule has 1 rings (SSSR count). The predicted octanol–water partition coefficient (Wildman–Crippen LogP) is 3.75. The van der Waals surface area contributed by atoms with Crippen LogP contribution in [0, 0.1) is 5.92 Å². The van der Waals surface area contributed by atoms with Crippen LogP contribution in [0.2, 0.25) is 0 Å². The molecule has 0 aliphatic rings. The van der Waals surface area contributed by atoms with E-state index in [1.54, 1.807) is 19.2 Å². The second kappa shape index (κ2) is 8.59. The lowest BCUT2D eigenvalue weighted by Crippen LogP contribution is -2.36. The van der Waals surface area contributed by atoms with Crippen LogP contribution in [0.1, 0.15) is 39.2 Å². The highest BCUT2D eigenvalue weighted by molar-refractivity contribution is 5.64. The Bertz CT molecular complexity index is 401. The van der Waals surface area contributed by atoms with Crippen LogP contribution in [0.25, 0.3) is 0 Å². The summed E-state index contributed by atoms with van der Waals surface area (Å²) in [6.45, 7) is 6.11. The van der Waals surface area contributed by atoms with E-state index >= 15 is 0 Å². The Morgan fingerprint density at radius 1 is 1.25 bits per heavy atom. The van der Waals surface area contributed by atoms with Gasteiger partial charge in [-0.25, -0.2) is 4.79 Å². The standard InChI is InChI=1S/C16H25NO3/c1-5-6-7-13-8-10-14(11-9-13)19-16(18)20-15(17-4)12(2)3/h8-12,15,17H,5-7H2,1-4H3. The summed E-state index contributed by atoms with van der Waals surface area (Å²) >= 11 is 0. The maximum atomic E-state index is 11.7. The van der Waals surface area contributed by atoms with E-state index in [1.165, 1.54) is 18.4 Å². The second-order valence-electron chi connectivity index (χ2n) is 5.17. The fourth-order valence-electron chi connectivity index (χ4n) is 1.86. The van der Waals surface area contributed by atoms with E-state index in [2.05, 4.69) is 12.2 Å². The van der Waals surface area contributed by atoms with Gasteiger partial charge in [0.1, 0.15) is 5.75 Å². The third kappa shape index (κ3) is 5.61. The van der Waals surface area contributed by atoms with Crippen molar-refractivity contribution in [3.63, 3.8) is 0 Å². The number of benzene rings is 1. The van der Waals surface area contributed by atoms with Crippen molar-refractivity contribution in [1.29, 1.82) is 0 Å². The molecule has 0 aromatic heterocycles. The smallest absolute Gasteiger partial charge is 0.415 e. The first-order valence-electron chi connectivity index (χ1n) is 7.21. The largest absolute Gasteiger partial charge is 0.515 e. The number of hydrogen-bond donors (Lipinski definition) is 1. The molecule has 20 heavy (non-hydrogen) atoms. The van der Waals surface area contributed by atoms with E-state index in [0.717, 1.165) is 6.42 Å². The van der Waals surface area contributed by atoms with Gasteiger partial charge in [0.15, 0.2) is 6.23 Å². The summed E-state index contributed by atoms with van der Waals surface area (Å²) in [6, 6.07) is 7.57. The molecule has 1 atom stereocenters. The van der Waals surface area contributed by atoms with Gasteiger partial charge in [-0.3, -0.25) is 5.32 Å². The quantitative estimate of drug-likeness (QED) is 0.469. The third-order valence-electron chi connectivity index (χ3n) is 3.06. The Labute approximate surface area is 121 Å². The first-order chi connectivity index (χ1) is 9.56. The van der Waals surface area contributed by atoms with Gasteiger partial charge in [0.05, 0.1) is 0 Å². The van der Waals surface area contributed by atoms with Crippen LogP contribution in [0.4, 0.5) is 4.79 Å². The lowest BCUT2D eigenvalue weighted by molar-refractivity contribution is 0.0242. The molecule has 0 heterocycles. The highest BCUT2D eigenvalue weighted by Gasteiger charge is 2.17.